The molecule has 0 aromatic heterocycles. The van der Waals surface area contributed by atoms with Gasteiger partial charge >= 0.3 is 0 Å². The summed E-state index contributed by atoms with van der Waals surface area (Å²) in [6, 6.07) is 24.1. The predicted octanol–water partition coefficient (Wildman–Crippen LogP) is 5.37. The van der Waals surface area contributed by atoms with Gasteiger partial charge in [0, 0.05) is 11.4 Å². The average molecular weight is 389 g/mol. The number of nitrogens with one attached hydrogen (secondary N) is 2. The number of hydrogen-bond donors (Lipinski definition) is 2. The Labute approximate surface area is 172 Å². The number of rotatable bonds is 9. The van der Waals surface area contributed by atoms with Gasteiger partial charge in [-0.3, -0.25) is 4.79 Å². The summed E-state index contributed by atoms with van der Waals surface area (Å²) in [4.78, 5) is 12.2. The number of anilines is 2. The monoisotopic (exact) mass is 388 g/mol. The summed E-state index contributed by atoms with van der Waals surface area (Å²) in [6.07, 6.45) is 1.98. The Balaban J connectivity index is 1.39. The molecule has 0 radical (unpaired) electrons. The van der Waals surface area contributed by atoms with Crippen molar-refractivity contribution in [3.8, 4) is 5.75 Å². The maximum Gasteiger partial charge on any atom is 0.243 e. The molecule has 1 amide bonds. The van der Waals surface area contributed by atoms with Gasteiger partial charge in [0.2, 0.25) is 5.91 Å². The Kier molecular flexibility index (Phi) is 7.28. The quantitative estimate of drug-likeness (QED) is 0.485. The van der Waals surface area contributed by atoms with E-state index in [4.69, 9.17) is 4.74 Å². The summed E-state index contributed by atoms with van der Waals surface area (Å²) in [5, 5.41) is 6.07. The SMILES string of the molecule is Cc1cc(C)cc(NC(=O)CNc2ccc(OCCCc3ccccc3)cc2)c1. The molecule has 0 heterocycles. The first-order chi connectivity index (χ1) is 14.1. The van der Waals surface area contributed by atoms with Crippen LogP contribution in [0.4, 0.5) is 11.4 Å². The molecule has 0 aliphatic rings. The van der Waals surface area contributed by atoms with E-state index in [1.165, 1.54) is 5.56 Å². The number of hydrogen-bond acceptors (Lipinski definition) is 3. The summed E-state index contributed by atoms with van der Waals surface area (Å²) in [6.45, 7) is 4.93. The Morgan fingerprint density at radius 3 is 2.24 bits per heavy atom. The number of benzene rings is 3. The van der Waals surface area contributed by atoms with E-state index in [1.54, 1.807) is 0 Å². The van der Waals surface area contributed by atoms with Gasteiger partial charge in [0.05, 0.1) is 13.2 Å². The molecular weight excluding hydrogens is 360 g/mol. The lowest BCUT2D eigenvalue weighted by Crippen LogP contribution is -2.21. The lowest BCUT2D eigenvalue weighted by Gasteiger charge is -2.10. The van der Waals surface area contributed by atoms with Gasteiger partial charge < -0.3 is 15.4 Å². The van der Waals surface area contributed by atoms with Crippen molar-refractivity contribution >= 4 is 17.3 Å². The van der Waals surface area contributed by atoms with Crippen molar-refractivity contribution in [3.63, 3.8) is 0 Å². The zero-order valence-corrected chi connectivity index (χ0v) is 17.1. The zero-order chi connectivity index (χ0) is 20.5. The van der Waals surface area contributed by atoms with E-state index in [2.05, 4.69) is 41.0 Å². The molecule has 3 rings (SSSR count). The van der Waals surface area contributed by atoms with E-state index in [-0.39, 0.29) is 12.5 Å². The van der Waals surface area contributed by atoms with Crippen molar-refractivity contribution in [2.45, 2.75) is 26.7 Å². The van der Waals surface area contributed by atoms with Crippen LogP contribution in [0.3, 0.4) is 0 Å². The maximum absolute atomic E-state index is 12.2. The molecule has 0 aliphatic carbocycles. The van der Waals surface area contributed by atoms with Crippen LogP contribution < -0.4 is 15.4 Å². The van der Waals surface area contributed by atoms with Crippen LogP contribution in [0.1, 0.15) is 23.1 Å². The first-order valence-electron chi connectivity index (χ1n) is 9.97. The minimum Gasteiger partial charge on any atom is -0.494 e. The number of amides is 1. The van der Waals surface area contributed by atoms with Gasteiger partial charge in [0.15, 0.2) is 0 Å². The van der Waals surface area contributed by atoms with Crippen LogP contribution in [0.2, 0.25) is 0 Å². The molecule has 4 heteroatoms. The van der Waals surface area contributed by atoms with Gasteiger partial charge in [-0.25, -0.2) is 0 Å². The molecule has 2 N–H and O–H groups in total. The first-order valence-corrected chi connectivity index (χ1v) is 9.97. The number of ether oxygens (including phenoxy) is 1. The van der Waals surface area contributed by atoms with Crippen LogP contribution in [0, 0.1) is 13.8 Å². The molecule has 150 valence electrons. The fraction of sp³-hybridized carbons (Fsp3) is 0.240. The Hall–Kier alpha value is -3.27. The lowest BCUT2D eigenvalue weighted by atomic mass is 10.1. The third-order valence-electron chi connectivity index (χ3n) is 4.53. The second-order valence-electron chi connectivity index (χ2n) is 7.24. The fourth-order valence-electron chi connectivity index (χ4n) is 3.21. The Morgan fingerprint density at radius 1 is 0.862 bits per heavy atom. The average Bonchev–Trinajstić information content (AvgIpc) is 2.70. The highest BCUT2D eigenvalue weighted by molar-refractivity contribution is 5.93. The van der Waals surface area contributed by atoms with Crippen LogP contribution in [-0.4, -0.2) is 19.1 Å². The van der Waals surface area contributed by atoms with Gasteiger partial charge in [-0.05, 0) is 79.8 Å². The van der Waals surface area contributed by atoms with Gasteiger partial charge in [-0.15, -0.1) is 0 Å². The summed E-state index contributed by atoms with van der Waals surface area (Å²) in [5.74, 6) is 0.763. The van der Waals surface area contributed by atoms with Gasteiger partial charge in [-0.2, -0.15) is 0 Å². The lowest BCUT2D eigenvalue weighted by molar-refractivity contribution is -0.114. The van der Waals surface area contributed by atoms with Crippen LogP contribution in [-0.2, 0) is 11.2 Å². The van der Waals surface area contributed by atoms with Gasteiger partial charge in [0.1, 0.15) is 5.75 Å². The highest BCUT2D eigenvalue weighted by Crippen LogP contribution is 2.17. The molecule has 0 fully saturated rings. The molecule has 0 aliphatic heterocycles. The summed E-state index contributed by atoms with van der Waals surface area (Å²) in [7, 11) is 0. The second kappa shape index (κ2) is 10.3. The maximum atomic E-state index is 12.2. The molecule has 3 aromatic carbocycles. The zero-order valence-electron chi connectivity index (χ0n) is 17.1. The fourth-order valence-corrected chi connectivity index (χ4v) is 3.21. The molecule has 0 atom stereocenters. The van der Waals surface area contributed by atoms with Crippen molar-refractivity contribution < 1.29 is 9.53 Å². The minimum atomic E-state index is -0.0729. The molecule has 0 spiro atoms. The van der Waals surface area contributed by atoms with E-state index in [0.29, 0.717) is 6.61 Å². The Bertz CT molecular complexity index is 901. The van der Waals surface area contributed by atoms with Gasteiger partial charge in [-0.1, -0.05) is 36.4 Å². The molecule has 0 unspecified atom stereocenters. The van der Waals surface area contributed by atoms with E-state index in [0.717, 1.165) is 41.1 Å². The molecule has 4 nitrogen and oxygen atoms in total. The predicted molar refractivity (Wildman–Crippen MR) is 120 cm³/mol. The van der Waals surface area contributed by atoms with Crippen molar-refractivity contribution in [2.24, 2.45) is 0 Å². The van der Waals surface area contributed by atoms with Crippen molar-refractivity contribution in [1.82, 2.24) is 0 Å². The third kappa shape index (κ3) is 7.00. The molecular formula is C25H28N2O2. The normalized spacial score (nSPS) is 10.4. The number of carbonyl (C=O) groups is 1. The van der Waals surface area contributed by atoms with Gasteiger partial charge in [0.25, 0.3) is 0 Å². The third-order valence-corrected chi connectivity index (χ3v) is 4.53. The Morgan fingerprint density at radius 2 is 1.55 bits per heavy atom. The van der Waals surface area contributed by atoms with Crippen LogP contribution in [0.15, 0.2) is 72.8 Å². The first kappa shape index (κ1) is 20.5. The molecule has 0 bridgehead atoms. The van der Waals surface area contributed by atoms with E-state index < -0.39 is 0 Å². The standard InChI is InChI=1S/C25H28N2O2/c1-19-15-20(2)17-23(16-19)27-25(28)18-26-22-10-12-24(13-11-22)29-14-6-9-21-7-4-3-5-8-21/h3-5,7-8,10-13,15-17,26H,6,9,14,18H2,1-2H3,(H,27,28). The number of carbonyl (C=O) groups excluding carboxylic acids is 1. The smallest absolute Gasteiger partial charge is 0.243 e. The molecule has 29 heavy (non-hydrogen) atoms. The molecule has 3 aromatic rings. The molecule has 0 saturated heterocycles. The van der Waals surface area contributed by atoms with Crippen molar-refractivity contribution in [1.29, 1.82) is 0 Å². The van der Waals surface area contributed by atoms with Crippen molar-refractivity contribution in [3.05, 3.63) is 89.5 Å². The largest absolute Gasteiger partial charge is 0.494 e. The highest BCUT2D eigenvalue weighted by Gasteiger charge is 2.04. The van der Waals surface area contributed by atoms with Crippen LogP contribution in [0.25, 0.3) is 0 Å². The van der Waals surface area contributed by atoms with Crippen LogP contribution in [0.5, 0.6) is 5.75 Å². The summed E-state index contributed by atoms with van der Waals surface area (Å²) < 4.78 is 5.80. The van der Waals surface area contributed by atoms with E-state index in [1.807, 2.05) is 56.3 Å². The second-order valence-corrected chi connectivity index (χ2v) is 7.24. The minimum absolute atomic E-state index is 0.0729. The van der Waals surface area contributed by atoms with Crippen LogP contribution >= 0.6 is 0 Å². The van der Waals surface area contributed by atoms with E-state index in [9.17, 15) is 4.79 Å². The topological polar surface area (TPSA) is 50.4 Å². The van der Waals surface area contributed by atoms with Crippen molar-refractivity contribution in [2.75, 3.05) is 23.8 Å². The highest BCUT2D eigenvalue weighted by atomic mass is 16.5. The molecule has 0 saturated carbocycles. The number of aryl methyl sites for hydroxylation is 3. The summed E-state index contributed by atoms with van der Waals surface area (Å²) in [5.41, 5.74) is 5.31. The summed E-state index contributed by atoms with van der Waals surface area (Å²) >= 11 is 0. The van der Waals surface area contributed by atoms with E-state index >= 15 is 0 Å².